The van der Waals surface area contributed by atoms with Crippen LogP contribution in [0.2, 0.25) is 0 Å². The molecule has 0 fully saturated rings. The molecule has 3 aromatic heterocycles. The topological polar surface area (TPSA) is 90.6 Å². The van der Waals surface area contributed by atoms with Crippen molar-refractivity contribution >= 4 is 16.7 Å². The highest BCUT2D eigenvalue weighted by Gasteiger charge is 2.15. The predicted molar refractivity (Wildman–Crippen MR) is 126 cm³/mol. The van der Waals surface area contributed by atoms with Crippen molar-refractivity contribution in [2.45, 2.75) is 34.1 Å². The second-order valence-corrected chi connectivity index (χ2v) is 9.22. The van der Waals surface area contributed by atoms with Gasteiger partial charge in [-0.3, -0.25) is 0 Å². The Morgan fingerprint density at radius 2 is 1.94 bits per heavy atom. The molecule has 0 atom stereocenters. The van der Waals surface area contributed by atoms with E-state index in [-0.39, 0.29) is 5.41 Å². The first-order chi connectivity index (χ1) is 15.2. The van der Waals surface area contributed by atoms with Crippen LogP contribution in [0.3, 0.4) is 0 Å². The van der Waals surface area contributed by atoms with Crippen LogP contribution in [0.15, 0.2) is 36.9 Å². The molecular weight excluding hydrogens is 402 g/mol. The zero-order chi connectivity index (χ0) is 22.9. The van der Waals surface area contributed by atoms with Gasteiger partial charge in [0.15, 0.2) is 11.6 Å². The number of hydrogen-bond donors (Lipinski definition) is 1. The molecule has 4 rings (SSSR count). The quantitative estimate of drug-likeness (QED) is 0.489. The number of benzene rings is 1. The van der Waals surface area contributed by atoms with Gasteiger partial charge in [0.1, 0.15) is 23.4 Å². The fourth-order valence-electron chi connectivity index (χ4n) is 3.49. The van der Waals surface area contributed by atoms with E-state index >= 15 is 0 Å². The molecule has 0 spiro atoms. The first-order valence-electron chi connectivity index (χ1n) is 10.6. The fourth-order valence-corrected chi connectivity index (χ4v) is 3.49. The largest absolute Gasteiger partial charge is 0.496 e. The van der Waals surface area contributed by atoms with Crippen LogP contribution in [0.1, 0.15) is 37.7 Å². The molecule has 1 aromatic carbocycles. The van der Waals surface area contributed by atoms with Gasteiger partial charge in [0.2, 0.25) is 0 Å². The van der Waals surface area contributed by atoms with Crippen molar-refractivity contribution in [1.82, 2.24) is 29.7 Å². The van der Waals surface area contributed by atoms with Crippen LogP contribution in [0.5, 0.6) is 5.75 Å². The molecular formula is C24H29N7O. The normalized spacial score (nSPS) is 11.7. The van der Waals surface area contributed by atoms with E-state index in [2.05, 4.69) is 46.3 Å². The summed E-state index contributed by atoms with van der Waals surface area (Å²) in [6.07, 6.45) is 5.98. The third-order valence-electron chi connectivity index (χ3n) is 5.27. The summed E-state index contributed by atoms with van der Waals surface area (Å²) < 4.78 is 7.54. The van der Waals surface area contributed by atoms with E-state index in [0.29, 0.717) is 12.2 Å². The highest BCUT2D eigenvalue weighted by molar-refractivity contribution is 5.89. The molecule has 1 N–H and O–H groups in total. The Hall–Kier alpha value is -3.55. The lowest BCUT2D eigenvalue weighted by Crippen LogP contribution is -2.20. The van der Waals surface area contributed by atoms with E-state index in [1.165, 1.54) is 0 Å². The van der Waals surface area contributed by atoms with Crippen LogP contribution in [-0.2, 0) is 13.5 Å². The van der Waals surface area contributed by atoms with Crippen molar-refractivity contribution in [2.75, 3.05) is 19.0 Å². The van der Waals surface area contributed by atoms with Crippen molar-refractivity contribution < 1.29 is 4.74 Å². The summed E-state index contributed by atoms with van der Waals surface area (Å²) in [7, 11) is 3.59. The number of anilines is 1. The summed E-state index contributed by atoms with van der Waals surface area (Å²) in [5.74, 6) is 3.05. The van der Waals surface area contributed by atoms with E-state index in [4.69, 9.17) is 9.72 Å². The number of methoxy groups -OCH3 is 1. The number of pyridine rings is 1. The van der Waals surface area contributed by atoms with Gasteiger partial charge in [-0.25, -0.2) is 15.0 Å². The Balaban J connectivity index is 1.67. The van der Waals surface area contributed by atoms with Crippen LogP contribution in [0, 0.1) is 12.3 Å². The Labute approximate surface area is 188 Å². The van der Waals surface area contributed by atoms with Crippen LogP contribution >= 0.6 is 0 Å². The van der Waals surface area contributed by atoms with Crippen molar-refractivity contribution in [1.29, 1.82) is 0 Å². The molecule has 4 aromatic rings. The summed E-state index contributed by atoms with van der Waals surface area (Å²) in [4.78, 5) is 14.1. The molecule has 166 valence electrons. The van der Waals surface area contributed by atoms with Gasteiger partial charge in [0, 0.05) is 48.9 Å². The maximum absolute atomic E-state index is 5.66. The van der Waals surface area contributed by atoms with E-state index in [1.54, 1.807) is 13.4 Å². The van der Waals surface area contributed by atoms with Gasteiger partial charge in [-0.05, 0) is 24.0 Å². The van der Waals surface area contributed by atoms with Gasteiger partial charge in [-0.2, -0.15) is 0 Å². The molecule has 0 aliphatic heterocycles. The van der Waals surface area contributed by atoms with Gasteiger partial charge >= 0.3 is 0 Å². The number of ether oxygens (including phenoxy) is 1. The molecule has 0 aliphatic rings. The molecule has 0 radical (unpaired) electrons. The predicted octanol–water partition coefficient (Wildman–Crippen LogP) is 4.19. The Kier molecular flexibility index (Phi) is 5.78. The third kappa shape index (κ3) is 4.54. The number of nitrogens with one attached hydrogen (secondary N) is 1. The van der Waals surface area contributed by atoms with Crippen LogP contribution in [0.4, 0.5) is 5.82 Å². The standard InChI is InChI=1S/C24H29N7O/c1-15-11-26-22(27-13-24(2,3)4)21-18(15)12-25-20(29-21)10-16-7-8-17(9-19(16)32-6)23-30-28-14-31(23)5/h7-9,11-12,14H,10,13H2,1-6H3,(H,26,27). The molecule has 3 heterocycles. The number of aryl methyl sites for hydroxylation is 2. The Morgan fingerprint density at radius 3 is 2.62 bits per heavy atom. The van der Waals surface area contributed by atoms with E-state index in [1.807, 2.05) is 49.1 Å². The fraction of sp³-hybridized carbons (Fsp3) is 0.375. The van der Waals surface area contributed by atoms with Gasteiger partial charge in [-0.15, -0.1) is 10.2 Å². The molecule has 0 bridgehead atoms. The lowest BCUT2D eigenvalue weighted by atomic mass is 9.97. The number of hydrogen-bond acceptors (Lipinski definition) is 7. The van der Waals surface area contributed by atoms with Crippen molar-refractivity contribution in [3.63, 3.8) is 0 Å². The molecule has 0 saturated carbocycles. The van der Waals surface area contributed by atoms with Crippen molar-refractivity contribution in [2.24, 2.45) is 12.5 Å². The lowest BCUT2D eigenvalue weighted by molar-refractivity contribution is 0.410. The summed E-state index contributed by atoms with van der Waals surface area (Å²) in [5, 5.41) is 12.6. The zero-order valence-corrected chi connectivity index (χ0v) is 19.5. The van der Waals surface area contributed by atoms with Gasteiger partial charge in [-0.1, -0.05) is 32.9 Å². The maximum Gasteiger partial charge on any atom is 0.163 e. The molecule has 0 aliphatic carbocycles. The summed E-state index contributed by atoms with van der Waals surface area (Å²) in [5.41, 5.74) is 3.97. The molecule has 8 nitrogen and oxygen atoms in total. The van der Waals surface area contributed by atoms with Gasteiger partial charge < -0.3 is 14.6 Å². The van der Waals surface area contributed by atoms with E-state index in [9.17, 15) is 0 Å². The van der Waals surface area contributed by atoms with Crippen molar-refractivity contribution in [3.05, 3.63) is 53.9 Å². The number of fused-ring (bicyclic) bond motifs is 1. The number of nitrogens with zero attached hydrogens (tertiary/aromatic N) is 6. The highest BCUT2D eigenvalue weighted by Crippen LogP contribution is 2.28. The first kappa shape index (κ1) is 21.7. The molecule has 32 heavy (non-hydrogen) atoms. The summed E-state index contributed by atoms with van der Waals surface area (Å²) in [6.45, 7) is 9.39. The molecule has 8 heteroatoms. The van der Waals surface area contributed by atoms with Gasteiger partial charge in [0.25, 0.3) is 0 Å². The van der Waals surface area contributed by atoms with Crippen LogP contribution in [0.25, 0.3) is 22.3 Å². The molecule has 0 saturated heterocycles. The molecule has 0 unspecified atom stereocenters. The maximum atomic E-state index is 5.66. The SMILES string of the molecule is COc1cc(-c2nncn2C)ccc1Cc1ncc2c(C)cnc(NCC(C)(C)C)c2n1. The summed E-state index contributed by atoms with van der Waals surface area (Å²) in [6, 6.07) is 6.02. The highest BCUT2D eigenvalue weighted by atomic mass is 16.5. The lowest BCUT2D eigenvalue weighted by Gasteiger charge is -2.20. The van der Waals surface area contributed by atoms with Crippen LogP contribution in [-0.4, -0.2) is 43.4 Å². The third-order valence-corrected chi connectivity index (χ3v) is 5.27. The minimum absolute atomic E-state index is 0.132. The minimum Gasteiger partial charge on any atom is -0.496 e. The number of aromatic nitrogens is 6. The van der Waals surface area contributed by atoms with Crippen molar-refractivity contribution in [3.8, 4) is 17.1 Å². The average molecular weight is 432 g/mol. The number of rotatable bonds is 6. The second-order valence-electron chi connectivity index (χ2n) is 9.22. The molecule has 0 amide bonds. The minimum atomic E-state index is 0.132. The summed E-state index contributed by atoms with van der Waals surface area (Å²) >= 11 is 0. The zero-order valence-electron chi connectivity index (χ0n) is 19.5. The monoisotopic (exact) mass is 431 g/mol. The average Bonchev–Trinajstić information content (AvgIpc) is 3.19. The van der Waals surface area contributed by atoms with E-state index < -0.39 is 0 Å². The first-order valence-corrected chi connectivity index (χ1v) is 10.6. The Bertz CT molecular complexity index is 1260. The van der Waals surface area contributed by atoms with Crippen LogP contribution < -0.4 is 10.1 Å². The van der Waals surface area contributed by atoms with Gasteiger partial charge in [0.05, 0.1) is 7.11 Å². The van der Waals surface area contributed by atoms with E-state index in [0.717, 1.165) is 51.5 Å². The second kappa shape index (κ2) is 8.53. The Morgan fingerprint density at radius 1 is 1.12 bits per heavy atom. The smallest absolute Gasteiger partial charge is 0.163 e.